The first-order valence-corrected chi connectivity index (χ1v) is 7.37. The van der Waals surface area contributed by atoms with Crippen LogP contribution in [0.4, 0.5) is 0 Å². The van der Waals surface area contributed by atoms with E-state index in [2.05, 4.69) is 74.5 Å². The molecule has 0 bridgehead atoms. The van der Waals surface area contributed by atoms with Crippen molar-refractivity contribution in [2.75, 3.05) is 0 Å². The third-order valence-electron chi connectivity index (χ3n) is 3.65. The number of pyridine rings is 1. The number of hydrogen-bond acceptors (Lipinski definition) is 1. The molecule has 0 N–H and O–H groups in total. The first-order valence-electron chi connectivity index (χ1n) is 7.37. The van der Waals surface area contributed by atoms with Gasteiger partial charge in [-0.25, -0.2) is 4.98 Å². The predicted molar refractivity (Wildman–Crippen MR) is 89.2 cm³/mol. The molecule has 104 valence electrons. The Kier molecular flexibility index (Phi) is 3.83. The monoisotopic (exact) mass is 273 g/mol. The Morgan fingerprint density at radius 2 is 1.10 bits per heavy atom. The van der Waals surface area contributed by atoms with Gasteiger partial charge in [0.1, 0.15) is 0 Å². The van der Waals surface area contributed by atoms with Crippen LogP contribution in [0.25, 0.3) is 22.5 Å². The molecule has 0 radical (unpaired) electrons. The Balaban J connectivity index is 2.16. The van der Waals surface area contributed by atoms with Gasteiger partial charge in [-0.05, 0) is 23.6 Å². The summed E-state index contributed by atoms with van der Waals surface area (Å²) in [6.45, 7) is 4.44. The van der Waals surface area contributed by atoms with Crippen LogP contribution < -0.4 is 0 Å². The lowest BCUT2D eigenvalue weighted by Crippen LogP contribution is -1.94. The highest BCUT2D eigenvalue weighted by molar-refractivity contribution is 5.67. The molecule has 3 rings (SSSR count). The molecule has 0 aliphatic carbocycles. The van der Waals surface area contributed by atoms with E-state index in [4.69, 9.17) is 4.98 Å². The van der Waals surface area contributed by atoms with Crippen molar-refractivity contribution in [3.63, 3.8) is 0 Å². The quantitative estimate of drug-likeness (QED) is 0.610. The van der Waals surface area contributed by atoms with Crippen molar-refractivity contribution in [3.8, 4) is 22.5 Å². The second-order valence-corrected chi connectivity index (χ2v) is 5.56. The number of aromatic nitrogens is 1. The summed E-state index contributed by atoms with van der Waals surface area (Å²) in [4.78, 5) is 4.86. The van der Waals surface area contributed by atoms with Crippen molar-refractivity contribution in [1.29, 1.82) is 0 Å². The molecule has 0 saturated heterocycles. The van der Waals surface area contributed by atoms with E-state index in [1.165, 1.54) is 5.56 Å². The van der Waals surface area contributed by atoms with Crippen molar-refractivity contribution in [3.05, 3.63) is 78.4 Å². The summed E-state index contributed by atoms with van der Waals surface area (Å²) in [6.07, 6.45) is 0. The zero-order valence-electron chi connectivity index (χ0n) is 12.5. The zero-order valence-corrected chi connectivity index (χ0v) is 12.5. The van der Waals surface area contributed by atoms with Crippen LogP contribution in [0.3, 0.4) is 0 Å². The van der Waals surface area contributed by atoms with Gasteiger partial charge in [-0.1, -0.05) is 74.5 Å². The molecule has 1 heteroatoms. The first kappa shape index (κ1) is 13.6. The second-order valence-electron chi connectivity index (χ2n) is 5.56. The third kappa shape index (κ3) is 3.03. The molecule has 0 spiro atoms. The molecule has 1 nitrogen and oxygen atoms in total. The molecule has 21 heavy (non-hydrogen) atoms. The fourth-order valence-electron chi connectivity index (χ4n) is 2.40. The van der Waals surface area contributed by atoms with E-state index in [0.717, 1.165) is 22.5 Å². The molecular weight excluding hydrogens is 254 g/mol. The van der Waals surface area contributed by atoms with Gasteiger partial charge in [0.2, 0.25) is 0 Å². The molecule has 0 aliphatic rings. The molecule has 2 aromatic carbocycles. The Morgan fingerprint density at radius 1 is 0.667 bits per heavy atom. The van der Waals surface area contributed by atoms with Crippen molar-refractivity contribution in [2.45, 2.75) is 19.8 Å². The fourth-order valence-corrected chi connectivity index (χ4v) is 2.40. The molecule has 0 aliphatic heterocycles. The largest absolute Gasteiger partial charge is 0.248 e. The highest BCUT2D eigenvalue weighted by Crippen LogP contribution is 2.27. The number of benzene rings is 2. The van der Waals surface area contributed by atoms with E-state index in [1.807, 2.05) is 12.1 Å². The summed E-state index contributed by atoms with van der Waals surface area (Å²) in [5.74, 6) is 0.484. The summed E-state index contributed by atoms with van der Waals surface area (Å²) in [7, 11) is 0. The maximum Gasteiger partial charge on any atom is 0.0712 e. The summed E-state index contributed by atoms with van der Waals surface area (Å²) in [6, 6.07) is 25.1. The van der Waals surface area contributed by atoms with Gasteiger partial charge in [0, 0.05) is 11.1 Å². The minimum absolute atomic E-state index is 0.484. The topological polar surface area (TPSA) is 12.9 Å². The lowest BCUT2D eigenvalue weighted by Gasteiger charge is -2.12. The molecule has 0 unspecified atom stereocenters. The summed E-state index contributed by atoms with van der Waals surface area (Å²) in [5, 5.41) is 0. The van der Waals surface area contributed by atoms with Crippen molar-refractivity contribution in [1.82, 2.24) is 4.98 Å². The molecule has 1 heterocycles. The molecule has 0 amide bonds. The van der Waals surface area contributed by atoms with Gasteiger partial charge in [0.25, 0.3) is 0 Å². The van der Waals surface area contributed by atoms with Gasteiger partial charge < -0.3 is 0 Å². The molecule has 3 aromatic rings. The van der Waals surface area contributed by atoms with Gasteiger partial charge in [-0.3, -0.25) is 0 Å². The van der Waals surface area contributed by atoms with Gasteiger partial charge in [0.05, 0.1) is 11.4 Å². The summed E-state index contributed by atoms with van der Waals surface area (Å²) >= 11 is 0. The first-order chi connectivity index (χ1) is 10.2. The maximum atomic E-state index is 4.86. The molecule has 0 atom stereocenters. The van der Waals surface area contributed by atoms with E-state index in [1.54, 1.807) is 0 Å². The standard InChI is InChI=1S/C20H19N/c1-15(2)18-13-19(16-9-5-3-6-10-16)21-20(14-18)17-11-7-4-8-12-17/h3-15H,1-2H3. The predicted octanol–water partition coefficient (Wildman–Crippen LogP) is 5.54. The van der Waals surface area contributed by atoms with E-state index < -0.39 is 0 Å². The smallest absolute Gasteiger partial charge is 0.0712 e. The normalized spacial score (nSPS) is 10.8. The van der Waals surface area contributed by atoms with Gasteiger partial charge in [-0.15, -0.1) is 0 Å². The zero-order chi connectivity index (χ0) is 14.7. The van der Waals surface area contributed by atoms with Crippen LogP contribution in [-0.4, -0.2) is 4.98 Å². The van der Waals surface area contributed by atoms with Crippen molar-refractivity contribution in [2.24, 2.45) is 0 Å². The Bertz CT molecular complexity index is 658. The van der Waals surface area contributed by atoms with Crippen LogP contribution in [0.5, 0.6) is 0 Å². The maximum absolute atomic E-state index is 4.86. The van der Waals surface area contributed by atoms with Crippen LogP contribution >= 0.6 is 0 Å². The average molecular weight is 273 g/mol. The van der Waals surface area contributed by atoms with E-state index >= 15 is 0 Å². The third-order valence-corrected chi connectivity index (χ3v) is 3.65. The summed E-state index contributed by atoms with van der Waals surface area (Å²) < 4.78 is 0. The van der Waals surface area contributed by atoms with E-state index in [0.29, 0.717) is 5.92 Å². The fraction of sp³-hybridized carbons (Fsp3) is 0.150. The van der Waals surface area contributed by atoms with E-state index in [-0.39, 0.29) is 0 Å². The lowest BCUT2D eigenvalue weighted by atomic mass is 9.98. The molecule has 0 fully saturated rings. The van der Waals surface area contributed by atoms with Crippen molar-refractivity contribution >= 4 is 0 Å². The Hall–Kier alpha value is -2.41. The number of rotatable bonds is 3. The number of nitrogens with zero attached hydrogens (tertiary/aromatic N) is 1. The van der Waals surface area contributed by atoms with Crippen LogP contribution in [0.15, 0.2) is 72.8 Å². The molecular formula is C20H19N. The summed E-state index contributed by atoms with van der Waals surface area (Å²) in [5.41, 5.74) is 5.73. The van der Waals surface area contributed by atoms with Crippen LogP contribution in [-0.2, 0) is 0 Å². The Morgan fingerprint density at radius 3 is 1.48 bits per heavy atom. The number of hydrogen-bond donors (Lipinski definition) is 0. The van der Waals surface area contributed by atoms with Crippen molar-refractivity contribution < 1.29 is 0 Å². The minimum Gasteiger partial charge on any atom is -0.248 e. The highest BCUT2D eigenvalue weighted by atomic mass is 14.7. The average Bonchev–Trinajstić information content (AvgIpc) is 2.56. The SMILES string of the molecule is CC(C)c1cc(-c2ccccc2)nc(-c2ccccc2)c1. The lowest BCUT2D eigenvalue weighted by molar-refractivity contribution is 0.864. The second kappa shape index (κ2) is 5.92. The Labute approximate surface area is 126 Å². The highest BCUT2D eigenvalue weighted by Gasteiger charge is 2.08. The molecule has 1 aromatic heterocycles. The van der Waals surface area contributed by atoms with E-state index in [9.17, 15) is 0 Å². The van der Waals surface area contributed by atoms with Gasteiger partial charge >= 0.3 is 0 Å². The molecule has 0 saturated carbocycles. The van der Waals surface area contributed by atoms with Gasteiger partial charge in [0.15, 0.2) is 0 Å². The van der Waals surface area contributed by atoms with Crippen LogP contribution in [0.2, 0.25) is 0 Å². The van der Waals surface area contributed by atoms with Crippen LogP contribution in [0, 0.1) is 0 Å². The van der Waals surface area contributed by atoms with Crippen LogP contribution in [0.1, 0.15) is 25.3 Å². The van der Waals surface area contributed by atoms with Gasteiger partial charge in [-0.2, -0.15) is 0 Å². The minimum atomic E-state index is 0.484.